The first-order valence-corrected chi connectivity index (χ1v) is 21.3. The molecule has 0 fully saturated rings. The Morgan fingerprint density at radius 1 is 0.373 bits per heavy atom. The number of benzene rings is 9. The smallest absolute Gasteiger partial charge is 0.0468 e. The summed E-state index contributed by atoms with van der Waals surface area (Å²) in [7, 11) is 0. The van der Waals surface area contributed by atoms with Gasteiger partial charge in [0.1, 0.15) is 0 Å². The Hall–Kier alpha value is -6.70. The van der Waals surface area contributed by atoms with E-state index in [9.17, 15) is 0 Å². The lowest BCUT2D eigenvalue weighted by Crippen LogP contribution is -2.09. The summed E-state index contributed by atoms with van der Waals surface area (Å²) in [5.74, 6) is 0. The molecule has 288 valence electrons. The largest absolute Gasteiger partial charge is 0.310 e. The van der Waals surface area contributed by atoms with Crippen molar-refractivity contribution in [2.75, 3.05) is 4.90 Å². The topological polar surface area (TPSA) is 3.24 Å². The molecule has 0 heterocycles. The average Bonchev–Trinajstić information content (AvgIpc) is 3.28. The van der Waals surface area contributed by atoms with Crippen LogP contribution in [0.2, 0.25) is 0 Å². The van der Waals surface area contributed by atoms with E-state index in [0.717, 1.165) is 42.7 Å². The summed E-state index contributed by atoms with van der Waals surface area (Å²) < 4.78 is 0. The van der Waals surface area contributed by atoms with Gasteiger partial charge in [-0.05, 0) is 152 Å². The maximum Gasteiger partial charge on any atom is 0.0468 e. The first-order valence-electron chi connectivity index (χ1n) is 21.3. The van der Waals surface area contributed by atoms with Crippen LogP contribution in [0.25, 0.3) is 65.7 Å². The van der Waals surface area contributed by atoms with Gasteiger partial charge >= 0.3 is 0 Å². The molecule has 0 saturated heterocycles. The summed E-state index contributed by atoms with van der Waals surface area (Å²) in [6.07, 6.45) is 4.18. The molecule has 0 unspecified atom stereocenters. The molecule has 0 aliphatic carbocycles. The van der Waals surface area contributed by atoms with Crippen molar-refractivity contribution in [2.45, 2.75) is 53.4 Å². The zero-order chi connectivity index (χ0) is 40.3. The highest BCUT2D eigenvalue weighted by atomic mass is 15.1. The zero-order valence-electron chi connectivity index (χ0n) is 34.7. The molecule has 1 heteroatoms. The molecule has 9 aromatic rings. The number of anilines is 3. The first kappa shape index (κ1) is 37.9. The van der Waals surface area contributed by atoms with Crippen LogP contribution >= 0.6 is 0 Å². The predicted octanol–water partition coefficient (Wildman–Crippen LogP) is 17.1. The van der Waals surface area contributed by atoms with Gasteiger partial charge in [-0.15, -0.1) is 0 Å². The number of nitrogens with zero attached hydrogens (tertiary/aromatic N) is 1. The van der Waals surface area contributed by atoms with E-state index in [0.29, 0.717) is 0 Å². The molecule has 0 saturated carbocycles. The van der Waals surface area contributed by atoms with E-state index in [-0.39, 0.29) is 0 Å². The average molecular weight is 762 g/mol. The third kappa shape index (κ3) is 7.46. The molecule has 9 aromatic carbocycles. The van der Waals surface area contributed by atoms with E-state index < -0.39 is 0 Å². The van der Waals surface area contributed by atoms with Crippen molar-refractivity contribution in [3.8, 4) is 22.3 Å². The number of hydrogen-bond donors (Lipinski definition) is 0. The fourth-order valence-corrected chi connectivity index (χ4v) is 9.03. The maximum atomic E-state index is 2.51. The normalized spacial score (nSPS) is 11.9. The molecule has 9 rings (SSSR count). The van der Waals surface area contributed by atoms with Gasteiger partial charge in [-0.25, -0.2) is 0 Å². The van der Waals surface area contributed by atoms with Crippen LogP contribution in [-0.4, -0.2) is 0 Å². The minimum absolute atomic E-state index is 1.01. The summed E-state index contributed by atoms with van der Waals surface area (Å²) in [5, 5.41) is 7.66. The minimum Gasteiger partial charge on any atom is -0.310 e. The molecule has 0 spiro atoms. The Morgan fingerprint density at radius 2 is 0.797 bits per heavy atom. The van der Waals surface area contributed by atoms with Crippen LogP contribution in [0.3, 0.4) is 0 Å². The van der Waals surface area contributed by atoms with Crippen molar-refractivity contribution in [2.24, 2.45) is 0 Å². The van der Waals surface area contributed by atoms with E-state index in [1.807, 2.05) is 0 Å². The quantitative estimate of drug-likeness (QED) is 0.0937. The fraction of sp³-hybridized carbons (Fsp3) is 0.138. The molecule has 59 heavy (non-hydrogen) atoms. The standard InChI is InChI=1S/C58H51N/c1-5-15-51(46-28-27-45-38-50(35-29-44(45)37-46)59(48-31-23-40(3)24-32-48)49-33-25-41(4)26-34-49)52(16-6-2)47-30-36-55-56(39-47)58(43-19-11-8-12-20-43)54-22-14-13-21-53(54)57(55)42-17-9-7-10-18-42/h7-14,17-39H,5-6,15-16H2,1-4H3/b52-51+. The van der Waals surface area contributed by atoms with Crippen molar-refractivity contribution >= 4 is 60.5 Å². The molecular formula is C58H51N. The third-order valence-corrected chi connectivity index (χ3v) is 11.9. The van der Waals surface area contributed by atoms with Gasteiger partial charge in [0.05, 0.1) is 0 Å². The van der Waals surface area contributed by atoms with Gasteiger partial charge in [0.2, 0.25) is 0 Å². The third-order valence-electron chi connectivity index (χ3n) is 11.9. The van der Waals surface area contributed by atoms with E-state index in [1.54, 1.807) is 0 Å². The second kappa shape index (κ2) is 16.6. The zero-order valence-corrected chi connectivity index (χ0v) is 34.7. The number of hydrogen-bond acceptors (Lipinski definition) is 1. The Balaban J connectivity index is 1.21. The second-order valence-corrected chi connectivity index (χ2v) is 16.0. The molecular weight excluding hydrogens is 711 g/mol. The molecule has 0 aliphatic heterocycles. The van der Waals surface area contributed by atoms with Crippen LogP contribution in [0.4, 0.5) is 17.1 Å². The summed E-state index contributed by atoms with van der Waals surface area (Å²) in [6.45, 7) is 8.92. The minimum atomic E-state index is 1.01. The Labute approximate surface area is 349 Å². The molecule has 0 atom stereocenters. The van der Waals surface area contributed by atoms with Crippen LogP contribution in [0.15, 0.2) is 188 Å². The Kier molecular flexibility index (Phi) is 10.7. The van der Waals surface area contributed by atoms with Crippen LogP contribution in [-0.2, 0) is 0 Å². The fourth-order valence-electron chi connectivity index (χ4n) is 9.03. The van der Waals surface area contributed by atoms with Gasteiger partial charge < -0.3 is 4.90 Å². The molecule has 0 N–H and O–H groups in total. The van der Waals surface area contributed by atoms with Crippen LogP contribution < -0.4 is 4.90 Å². The maximum absolute atomic E-state index is 2.51. The predicted molar refractivity (Wildman–Crippen MR) is 257 cm³/mol. The lowest BCUT2D eigenvalue weighted by Gasteiger charge is -2.26. The SMILES string of the molecule is CCC/C(=C(/CCC)c1ccc2c(-c3ccccc3)c3ccccc3c(-c3ccccc3)c2c1)c1ccc2cc(N(c3ccc(C)cc3)c3ccc(C)cc3)ccc2c1. The number of allylic oxidation sites excluding steroid dienone is 2. The highest BCUT2D eigenvalue weighted by molar-refractivity contribution is 6.22. The molecule has 0 amide bonds. The molecule has 0 bridgehead atoms. The number of rotatable bonds is 11. The van der Waals surface area contributed by atoms with Crippen LogP contribution in [0, 0.1) is 13.8 Å². The summed E-state index contributed by atoms with van der Waals surface area (Å²) in [6, 6.07) is 69.9. The Morgan fingerprint density at radius 3 is 1.34 bits per heavy atom. The van der Waals surface area contributed by atoms with Crippen LogP contribution in [0.1, 0.15) is 61.8 Å². The number of aryl methyl sites for hydroxylation is 2. The first-order chi connectivity index (χ1) is 29.0. The molecule has 0 aromatic heterocycles. The van der Waals surface area contributed by atoms with E-state index in [1.165, 1.54) is 88.0 Å². The van der Waals surface area contributed by atoms with Gasteiger partial charge in [0.15, 0.2) is 0 Å². The molecule has 1 nitrogen and oxygen atoms in total. The second-order valence-electron chi connectivity index (χ2n) is 16.0. The van der Waals surface area contributed by atoms with E-state index in [4.69, 9.17) is 0 Å². The molecule has 0 radical (unpaired) electrons. The highest BCUT2D eigenvalue weighted by Crippen LogP contribution is 2.46. The lowest BCUT2D eigenvalue weighted by atomic mass is 9.83. The van der Waals surface area contributed by atoms with Crippen molar-refractivity contribution in [3.63, 3.8) is 0 Å². The molecule has 0 aliphatic rings. The summed E-state index contributed by atoms with van der Waals surface area (Å²) in [4.78, 5) is 2.36. The summed E-state index contributed by atoms with van der Waals surface area (Å²) >= 11 is 0. The monoisotopic (exact) mass is 761 g/mol. The van der Waals surface area contributed by atoms with Crippen molar-refractivity contribution in [1.82, 2.24) is 0 Å². The van der Waals surface area contributed by atoms with Gasteiger partial charge in [0.25, 0.3) is 0 Å². The van der Waals surface area contributed by atoms with E-state index >= 15 is 0 Å². The summed E-state index contributed by atoms with van der Waals surface area (Å²) in [5.41, 5.74) is 16.6. The van der Waals surface area contributed by atoms with Gasteiger partial charge in [-0.2, -0.15) is 0 Å². The van der Waals surface area contributed by atoms with Crippen LogP contribution in [0.5, 0.6) is 0 Å². The Bertz CT molecular complexity index is 2890. The van der Waals surface area contributed by atoms with Gasteiger partial charge in [0, 0.05) is 17.1 Å². The highest BCUT2D eigenvalue weighted by Gasteiger charge is 2.20. The van der Waals surface area contributed by atoms with Gasteiger partial charge in [-0.1, -0.05) is 177 Å². The lowest BCUT2D eigenvalue weighted by molar-refractivity contribution is 0.945. The van der Waals surface area contributed by atoms with Crippen molar-refractivity contribution in [1.29, 1.82) is 0 Å². The number of fused-ring (bicyclic) bond motifs is 3. The van der Waals surface area contributed by atoms with Crippen molar-refractivity contribution < 1.29 is 0 Å². The van der Waals surface area contributed by atoms with Gasteiger partial charge in [-0.3, -0.25) is 0 Å². The van der Waals surface area contributed by atoms with Crippen molar-refractivity contribution in [3.05, 3.63) is 210 Å². The van der Waals surface area contributed by atoms with E-state index in [2.05, 4.69) is 221 Å².